The highest BCUT2D eigenvalue weighted by molar-refractivity contribution is 5.82. The van der Waals surface area contributed by atoms with E-state index in [0.717, 1.165) is 0 Å². The SMILES string of the molecule is [CH2]C(=O)CCOCC. The van der Waals surface area contributed by atoms with Crippen LogP contribution in [0.3, 0.4) is 0 Å². The standard InChI is InChI=1S/C6H11O2/c1-3-8-5-4-6(2)7/h2-5H2,1H3. The Bertz CT molecular complexity index is 68.9. The van der Waals surface area contributed by atoms with Crippen molar-refractivity contribution in [3.05, 3.63) is 6.92 Å². The zero-order valence-corrected chi connectivity index (χ0v) is 5.14. The van der Waals surface area contributed by atoms with Crippen molar-refractivity contribution in [2.24, 2.45) is 0 Å². The van der Waals surface area contributed by atoms with Gasteiger partial charge >= 0.3 is 0 Å². The molecule has 0 atom stereocenters. The Morgan fingerprint density at radius 3 is 2.75 bits per heavy atom. The molecule has 0 saturated heterocycles. The lowest BCUT2D eigenvalue weighted by atomic mass is 10.3. The van der Waals surface area contributed by atoms with Crippen LogP contribution in [0.15, 0.2) is 0 Å². The molecule has 47 valence electrons. The van der Waals surface area contributed by atoms with Crippen LogP contribution in [-0.4, -0.2) is 19.0 Å². The molecule has 0 heterocycles. The number of ether oxygens (including phenoxy) is 1. The summed E-state index contributed by atoms with van der Waals surface area (Å²) in [6.07, 6.45) is 0.438. The van der Waals surface area contributed by atoms with Crippen LogP contribution < -0.4 is 0 Å². The molecule has 2 nitrogen and oxygen atoms in total. The highest BCUT2D eigenvalue weighted by Crippen LogP contribution is 1.81. The molecule has 0 aromatic carbocycles. The van der Waals surface area contributed by atoms with Crippen molar-refractivity contribution >= 4 is 5.78 Å². The van der Waals surface area contributed by atoms with Gasteiger partial charge in [0, 0.05) is 20.0 Å². The van der Waals surface area contributed by atoms with Gasteiger partial charge in [-0.25, -0.2) is 0 Å². The highest BCUT2D eigenvalue weighted by atomic mass is 16.5. The van der Waals surface area contributed by atoms with Gasteiger partial charge in [-0.05, 0) is 6.92 Å². The van der Waals surface area contributed by atoms with E-state index in [4.69, 9.17) is 4.74 Å². The predicted octanol–water partition coefficient (Wildman–Crippen LogP) is 0.816. The van der Waals surface area contributed by atoms with E-state index in [-0.39, 0.29) is 5.78 Å². The van der Waals surface area contributed by atoms with E-state index in [2.05, 4.69) is 6.92 Å². The number of hydrogen-bond acceptors (Lipinski definition) is 2. The lowest BCUT2D eigenvalue weighted by Gasteiger charge is -1.94. The van der Waals surface area contributed by atoms with E-state index < -0.39 is 0 Å². The van der Waals surface area contributed by atoms with Gasteiger partial charge in [0.15, 0.2) is 0 Å². The molecule has 8 heavy (non-hydrogen) atoms. The van der Waals surface area contributed by atoms with Crippen LogP contribution in [-0.2, 0) is 9.53 Å². The fourth-order valence-corrected chi connectivity index (χ4v) is 0.330. The van der Waals surface area contributed by atoms with Crippen LogP contribution in [0.5, 0.6) is 0 Å². The number of rotatable bonds is 4. The topological polar surface area (TPSA) is 26.3 Å². The van der Waals surface area contributed by atoms with Crippen LogP contribution in [0.1, 0.15) is 13.3 Å². The molecule has 0 aliphatic heterocycles. The van der Waals surface area contributed by atoms with Crippen molar-refractivity contribution in [2.75, 3.05) is 13.2 Å². The van der Waals surface area contributed by atoms with Crippen LogP contribution in [0.25, 0.3) is 0 Å². The molecule has 0 fully saturated rings. The molecule has 0 N–H and O–H groups in total. The Morgan fingerprint density at radius 1 is 1.75 bits per heavy atom. The minimum Gasteiger partial charge on any atom is -0.381 e. The second kappa shape index (κ2) is 4.78. The zero-order valence-electron chi connectivity index (χ0n) is 5.14. The first-order valence-electron chi connectivity index (χ1n) is 2.70. The monoisotopic (exact) mass is 115 g/mol. The van der Waals surface area contributed by atoms with Crippen molar-refractivity contribution in [3.8, 4) is 0 Å². The quantitative estimate of drug-likeness (QED) is 0.507. The van der Waals surface area contributed by atoms with Gasteiger partial charge in [0.05, 0.1) is 6.61 Å². The van der Waals surface area contributed by atoms with E-state index >= 15 is 0 Å². The summed E-state index contributed by atoms with van der Waals surface area (Å²) in [5.41, 5.74) is 0. The molecule has 2 heteroatoms. The lowest BCUT2D eigenvalue weighted by Crippen LogP contribution is -1.99. The molecule has 0 saturated carbocycles. The first kappa shape index (κ1) is 7.63. The van der Waals surface area contributed by atoms with Gasteiger partial charge < -0.3 is 4.74 Å². The van der Waals surface area contributed by atoms with E-state index in [0.29, 0.717) is 19.6 Å². The van der Waals surface area contributed by atoms with Crippen LogP contribution in [0.2, 0.25) is 0 Å². The summed E-state index contributed by atoms with van der Waals surface area (Å²) in [6.45, 7) is 6.27. The third-order valence-electron chi connectivity index (χ3n) is 0.729. The first-order valence-corrected chi connectivity index (χ1v) is 2.70. The maximum atomic E-state index is 10.1. The minimum absolute atomic E-state index is 0.0570. The van der Waals surface area contributed by atoms with Gasteiger partial charge in [0.2, 0.25) is 0 Å². The number of ketones is 1. The summed E-state index contributed by atoms with van der Waals surface area (Å²) in [5.74, 6) is -0.0570. The number of carbonyl (C=O) groups is 1. The van der Waals surface area contributed by atoms with Crippen molar-refractivity contribution in [1.29, 1.82) is 0 Å². The zero-order chi connectivity index (χ0) is 6.41. The summed E-state index contributed by atoms with van der Waals surface area (Å²) < 4.78 is 4.88. The van der Waals surface area contributed by atoms with E-state index in [1.54, 1.807) is 0 Å². The van der Waals surface area contributed by atoms with Gasteiger partial charge in [-0.3, -0.25) is 4.79 Å². The smallest absolute Gasteiger partial charge is 0.135 e. The summed E-state index contributed by atoms with van der Waals surface area (Å²) in [5, 5.41) is 0. The van der Waals surface area contributed by atoms with E-state index in [9.17, 15) is 4.79 Å². The molecule has 0 aliphatic carbocycles. The molecule has 0 bridgehead atoms. The van der Waals surface area contributed by atoms with Crippen molar-refractivity contribution in [2.45, 2.75) is 13.3 Å². The maximum Gasteiger partial charge on any atom is 0.135 e. The third kappa shape index (κ3) is 5.63. The largest absolute Gasteiger partial charge is 0.381 e. The molecule has 0 aromatic heterocycles. The summed E-state index contributed by atoms with van der Waals surface area (Å²) in [7, 11) is 0. The fourth-order valence-electron chi connectivity index (χ4n) is 0.330. The highest BCUT2D eigenvalue weighted by Gasteiger charge is 1.89. The normalized spacial score (nSPS) is 9.25. The molecular weight excluding hydrogens is 104 g/mol. The molecule has 1 radical (unpaired) electrons. The molecule has 0 aliphatic rings. The molecule has 0 aromatic rings. The van der Waals surface area contributed by atoms with E-state index in [1.807, 2.05) is 6.92 Å². The first-order chi connectivity index (χ1) is 3.77. The molecule has 0 unspecified atom stereocenters. The Labute approximate surface area is 49.8 Å². The Kier molecular flexibility index (Phi) is 4.56. The average Bonchev–Trinajstić information content (AvgIpc) is 1.66. The minimum atomic E-state index is -0.0570. The van der Waals surface area contributed by atoms with Crippen molar-refractivity contribution in [1.82, 2.24) is 0 Å². The number of Topliss-reactive ketones (excluding diaryl/α,β-unsaturated/α-hetero) is 1. The lowest BCUT2D eigenvalue weighted by molar-refractivity contribution is -0.115. The van der Waals surface area contributed by atoms with Gasteiger partial charge in [0.1, 0.15) is 5.78 Å². The third-order valence-corrected chi connectivity index (χ3v) is 0.729. The Hall–Kier alpha value is -0.370. The van der Waals surface area contributed by atoms with E-state index in [1.165, 1.54) is 0 Å². The second-order valence-electron chi connectivity index (χ2n) is 1.49. The van der Waals surface area contributed by atoms with Gasteiger partial charge in [-0.1, -0.05) is 0 Å². The summed E-state index contributed by atoms with van der Waals surface area (Å²) >= 11 is 0. The average molecular weight is 115 g/mol. The van der Waals surface area contributed by atoms with Crippen molar-refractivity contribution in [3.63, 3.8) is 0 Å². The van der Waals surface area contributed by atoms with Crippen LogP contribution in [0, 0.1) is 6.92 Å². The Morgan fingerprint density at radius 2 is 2.38 bits per heavy atom. The molecular formula is C6H11O2. The Balaban J connectivity index is 2.82. The van der Waals surface area contributed by atoms with Crippen LogP contribution >= 0.6 is 0 Å². The molecule has 0 spiro atoms. The summed E-state index contributed by atoms with van der Waals surface area (Å²) in [6, 6.07) is 0. The van der Waals surface area contributed by atoms with Gasteiger partial charge in [-0.2, -0.15) is 0 Å². The molecule has 0 amide bonds. The number of hydrogen-bond donors (Lipinski definition) is 0. The van der Waals surface area contributed by atoms with Gasteiger partial charge in [-0.15, -0.1) is 0 Å². The molecule has 0 rings (SSSR count). The second-order valence-corrected chi connectivity index (χ2v) is 1.49. The number of carbonyl (C=O) groups excluding carboxylic acids is 1. The van der Waals surface area contributed by atoms with Crippen LogP contribution in [0.4, 0.5) is 0 Å². The van der Waals surface area contributed by atoms with Crippen molar-refractivity contribution < 1.29 is 9.53 Å². The fraction of sp³-hybridized carbons (Fsp3) is 0.667. The maximum absolute atomic E-state index is 10.1. The van der Waals surface area contributed by atoms with Gasteiger partial charge in [0.25, 0.3) is 0 Å². The summed E-state index contributed by atoms with van der Waals surface area (Å²) in [4.78, 5) is 10.1. The predicted molar refractivity (Wildman–Crippen MR) is 31.5 cm³/mol.